The fourth-order valence-corrected chi connectivity index (χ4v) is 1.88. The van der Waals surface area contributed by atoms with E-state index in [0.29, 0.717) is 17.0 Å². The molecular weight excluding hydrogens is 264 g/mol. The van der Waals surface area contributed by atoms with Gasteiger partial charge in [-0.25, -0.2) is 8.78 Å². The molecule has 6 heteroatoms. The molecule has 0 spiro atoms. The third-order valence-corrected chi connectivity index (χ3v) is 2.68. The van der Waals surface area contributed by atoms with Gasteiger partial charge in [-0.05, 0) is 26.0 Å². The molecule has 0 aliphatic heterocycles. The molecule has 1 aromatic heterocycles. The predicted octanol–water partition coefficient (Wildman–Crippen LogP) is 3.05. The maximum atomic E-state index is 13.6. The van der Waals surface area contributed by atoms with Gasteiger partial charge in [0, 0.05) is 17.8 Å². The largest absolute Gasteiger partial charge is 0.453 e. The zero-order valence-corrected chi connectivity index (χ0v) is 11.0. The Labute approximate surface area is 114 Å². The monoisotopic (exact) mass is 277 g/mol. The van der Waals surface area contributed by atoms with Crippen LogP contribution in [0.4, 0.5) is 8.78 Å². The summed E-state index contributed by atoms with van der Waals surface area (Å²) in [5, 5.41) is 7.55. The number of ether oxygens (including phenoxy) is 1. The Morgan fingerprint density at radius 3 is 2.50 bits per heavy atom. The highest BCUT2D eigenvalue weighted by Crippen LogP contribution is 2.29. The van der Waals surface area contributed by atoms with E-state index < -0.39 is 11.6 Å². The van der Waals surface area contributed by atoms with Crippen molar-refractivity contribution in [1.29, 1.82) is 5.41 Å². The van der Waals surface area contributed by atoms with Crippen molar-refractivity contribution in [2.45, 2.75) is 13.8 Å². The zero-order valence-electron chi connectivity index (χ0n) is 11.0. The first-order valence-corrected chi connectivity index (χ1v) is 5.84. The Hall–Kier alpha value is -2.50. The lowest BCUT2D eigenvalue weighted by Gasteiger charge is -2.13. The Morgan fingerprint density at radius 1 is 1.20 bits per heavy atom. The fourth-order valence-electron chi connectivity index (χ4n) is 1.88. The molecule has 1 aromatic carbocycles. The maximum absolute atomic E-state index is 13.6. The normalized spacial score (nSPS) is 10.4. The van der Waals surface area contributed by atoms with E-state index in [1.54, 1.807) is 19.9 Å². The Kier molecular flexibility index (Phi) is 3.65. The number of hydrogen-bond acceptors (Lipinski definition) is 3. The molecule has 0 atom stereocenters. The van der Waals surface area contributed by atoms with E-state index in [-0.39, 0.29) is 17.3 Å². The van der Waals surface area contributed by atoms with Gasteiger partial charge in [0.25, 0.3) is 0 Å². The molecule has 2 aromatic rings. The zero-order chi connectivity index (χ0) is 14.9. The molecule has 2 rings (SSSR count). The summed E-state index contributed by atoms with van der Waals surface area (Å²) in [7, 11) is 0. The van der Waals surface area contributed by atoms with E-state index in [2.05, 4.69) is 4.98 Å². The highest BCUT2D eigenvalue weighted by atomic mass is 19.1. The van der Waals surface area contributed by atoms with E-state index in [4.69, 9.17) is 15.9 Å². The van der Waals surface area contributed by atoms with Crippen LogP contribution in [-0.4, -0.2) is 10.8 Å². The molecule has 20 heavy (non-hydrogen) atoms. The van der Waals surface area contributed by atoms with Gasteiger partial charge in [0.2, 0.25) is 0 Å². The lowest BCUT2D eigenvalue weighted by Crippen LogP contribution is -2.15. The summed E-state index contributed by atoms with van der Waals surface area (Å²) in [6, 6.07) is 4.54. The predicted molar refractivity (Wildman–Crippen MR) is 71.2 cm³/mol. The third-order valence-electron chi connectivity index (χ3n) is 2.68. The van der Waals surface area contributed by atoms with E-state index in [1.165, 1.54) is 6.07 Å². The molecule has 0 aliphatic carbocycles. The molecular formula is C14H13F2N3O. The van der Waals surface area contributed by atoms with Crippen LogP contribution < -0.4 is 10.5 Å². The van der Waals surface area contributed by atoms with Crippen LogP contribution in [0.1, 0.15) is 17.0 Å². The number of nitrogens with two attached hydrogens (primary N) is 1. The standard InChI is InChI=1S/C14H13F2N3O/c1-7-5-12(13(14(17)18)8(2)19-7)20-11-4-3-9(15)6-10(11)16/h3-6H,1-2H3,(H3,17,18). The average molecular weight is 277 g/mol. The number of aromatic nitrogens is 1. The number of halogens is 2. The van der Waals surface area contributed by atoms with Crippen LogP contribution in [0.15, 0.2) is 24.3 Å². The van der Waals surface area contributed by atoms with Crippen molar-refractivity contribution >= 4 is 5.84 Å². The molecule has 0 amide bonds. The Balaban J connectivity index is 2.50. The van der Waals surface area contributed by atoms with Gasteiger partial charge in [-0.1, -0.05) is 0 Å². The van der Waals surface area contributed by atoms with Crippen molar-refractivity contribution in [3.8, 4) is 11.5 Å². The number of pyridine rings is 1. The smallest absolute Gasteiger partial charge is 0.168 e. The quantitative estimate of drug-likeness (QED) is 0.669. The van der Waals surface area contributed by atoms with Crippen molar-refractivity contribution < 1.29 is 13.5 Å². The number of rotatable bonds is 3. The molecule has 104 valence electrons. The van der Waals surface area contributed by atoms with E-state index in [0.717, 1.165) is 12.1 Å². The summed E-state index contributed by atoms with van der Waals surface area (Å²) in [4.78, 5) is 4.18. The highest BCUT2D eigenvalue weighted by molar-refractivity contribution is 5.98. The summed E-state index contributed by atoms with van der Waals surface area (Å²) in [6.07, 6.45) is 0. The molecule has 0 radical (unpaired) electrons. The third kappa shape index (κ3) is 2.74. The summed E-state index contributed by atoms with van der Waals surface area (Å²) < 4.78 is 31.9. The van der Waals surface area contributed by atoms with Crippen molar-refractivity contribution in [3.05, 3.63) is 52.9 Å². The van der Waals surface area contributed by atoms with Crippen LogP contribution in [0.3, 0.4) is 0 Å². The number of hydrogen-bond donors (Lipinski definition) is 2. The summed E-state index contributed by atoms with van der Waals surface area (Å²) in [5.41, 5.74) is 6.93. The first-order valence-electron chi connectivity index (χ1n) is 5.84. The molecule has 3 N–H and O–H groups in total. The van der Waals surface area contributed by atoms with Crippen molar-refractivity contribution in [2.24, 2.45) is 5.73 Å². The van der Waals surface area contributed by atoms with Crippen molar-refractivity contribution in [1.82, 2.24) is 4.98 Å². The lowest BCUT2D eigenvalue weighted by atomic mass is 10.1. The van der Waals surface area contributed by atoms with Gasteiger partial charge < -0.3 is 10.5 Å². The number of nitrogens with zero attached hydrogens (tertiary/aromatic N) is 1. The highest BCUT2D eigenvalue weighted by Gasteiger charge is 2.15. The van der Waals surface area contributed by atoms with Gasteiger partial charge in [-0.3, -0.25) is 10.4 Å². The summed E-state index contributed by atoms with van der Waals surface area (Å²) in [5.74, 6) is -1.67. The van der Waals surface area contributed by atoms with E-state index in [1.807, 2.05) is 0 Å². The van der Waals surface area contributed by atoms with Crippen LogP contribution in [0.5, 0.6) is 11.5 Å². The minimum Gasteiger partial charge on any atom is -0.453 e. The number of nitrogen functional groups attached to an aromatic ring is 1. The van der Waals surface area contributed by atoms with Gasteiger partial charge in [0.05, 0.1) is 11.3 Å². The van der Waals surface area contributed by atoms with Crippen molar-refractivity contribution in [2.75, 3.05) is 0 Å². The molecule has 0 aliphatic rings. The minimum absolute atomic E-state index is 0.140. The van der Waals surface area contributed by atoms with Crippen LogP contribution in [0.25, 0.3) is 0 Å². The van der Waals surface area contributed by atoms with Crippen molar-refractivity contribution in [3.63, 3.8) is 0 Å². The second kappa shape index (κ2) is 5.24. The van der Waals surface area contributed by atoms with Crippen LogP contribution in [0.2, 0.25) is 0 Å². The molecule has 0 unspecified atom stereocenters. The number of nitrogens with one attached hydrogen (secondary N) is 1. The number of aryl methyl sites for hydroxylation is 2. The maximum Gasteiger partial charge on any atom is 0.168 e. The second-order valence-corrected chi connectivity index (χ2v) is 4.31. The summed E-state index contributed by atoms with van der Waals surface area (Å²) >= 11 is 0. The van der Waals surface area contributed by atoms with Crippen LogP contribution in [0, 0.1) is 30.9 Å². The SMILES string of the molecule is Cc1cc(Oc2ccc(F)cc2F)c(C(=N)N)c(C)n1. The van der Waals surface area contributed by atoms with Gasteiger partial charge in [0.15, 0.2) is 11.6 Å². The lowest BCUT2D eigenvalue weighted by molar-refractivity contribution is 0.435. The Morgan fingerprint density at radius 2 is 1.90 bits per heavy atom. The Bertz CT molecular complexity index is 686. The molecule has 0 saturated carbocycles. The minimum atomic E-state index is -0.827. The van der Waals surface area contributed by atoms with Crippen LogP contribution in [-0.2, 0) is 0 Å². The number of amidine groups is 1. The second-order valence-electron chi connectivity index (χ2n) is 4.31. The molecule has 4 nitrogen and oxygen atoms in total. The molecule has 0 bridgehead atoms. The first kappa shape index (κ1) is 13.9. The topological polar surface area (TPSA) is 72.0 Å². The molecule has 1 heterocycles. The van der Waals surface area contributed by atoms with E-state index >= 15 is 0 Å². The van der Waals surface area contributed by atoms with Gasteiger partial charge in [0.1, 0.15) is 17.4 Å². The average Bonchev–Trinajstić information content (AvgIpc) is 2.31. The molecule has 0 saturated heterocycles. The van der Waals surface area contributed by atoms with Gasteiger partial charge in [-0.2, -0.15) is 0 Å². The van der Waals surface area contributed by atoms with E-state index in [9.17, 15) is 8.78 Å². The summed E-state index contributed by atoms with van der Waals surface area (Å²) in [6.45, 7) is 3.42. The first-order chi connectivity index (χ1) is 9.38. The van der Waals surface area contributed by atoms with Crippen LogP contribution >= 0.6 is 0 Å². The molecule has 0 fully saturated rings. The fraction of sp³-hybridized carbons (Fsp3) is 0.143. The number of benzene rings is 1. The van der Waals surface area contributed by atoms with Gasteiger partial charge in [-0.15, -0.1) is 0 Å². The van der Waals surface area contributed by atoms with Gasteiger partial charge >= 0.3 is 0 Å².